The van der Waals surface area contributed by atoms with Crippen LogP contribution in [0.4, 0.5) is 0 Å². The van der Waals surface area contributed by atoms with E-state index in [-0.39, 0.29) is 0 Å². The first-order valence-corrected chi connectivity index (χ1v) is 2.55. The topological polar surface area (TPSA) is 21.3 Å². The summed E-state index contributed by atoms with van der Waals surface area (Å²) in [6.07, 6.45) is 0.888. The molecule has 8 heavy (non-hydrogen) atoms. The molecule has 0 aromatic heterocycles. The van der Waals surface area contributed by atoms with Gasteiger partial charge in [0.25, 0.3) is 0 Å². The molecule has 0 aromatic carbocycles. The van der Waals surface area contributed by atoms with Crippen LogP contribution in [0.3, 0.4) is 0 Å². The van der Waals surface area contributed by atoms with Crippen LogP contribution >= 0.6 is 0 Å². The van der Waals surface area contributed by atoms with Crippen molar-refractivity contribution in [3.05, 3.63) is 24.7 Å². The van der Waals surface area contributed by atoms with Gasteiger partial charge in [0, 0.05) is 12.1 Å². The molecular weight excluding hydrogens is 102 g/mol. The molecule has 1 N–H and O–H groups in total. The molecule has 0 aliphatic carbocycles. The molecule has 1 aliphatic rings. The van der Waals surface area contributed by atoms with Gasteiger partial charge < -0.3 is 10.1 Å². The lowest BCUT2D eigenvalue weighted by atomic mass is 10.3. The number of rotatable bonds is 0. The van der Waals surface area contributed by atoms with E-state index in [1.54, 1.807) is 0 Å². The molecule has 1 fully saturated rings. The number of nitrogens with one attached hydrogen (secondary N) is 1. The van der Waals surface area contributed by atoms with E-state index in [0.717, 1.165) is 12.1 Å². The lowest BCUT2D eigenvalue weighted by Crippen LogP contribution is -2.20. The average Bonchev–Trinajstić information content (AvgIpc) is 1.64. The highest BCUT2D eigenvalue weighted by molar-refractivity contribution is 5.02. The van der Waals surface area contributed by atoms with Gasteiger partial charge in [-0.1, -0.05) is 6.58 Å². The normalized spacial score (nSPS) is 19.5. The minimum absolute atomic E-state index is 0.612. The summed E-state index contributed by atoms with van der Waals surface area (Å²) in [5.41, 5.74) is 0.987. The Hall–Kier alpha value is -0.920. The molecule has 1 saturated heterocycles. The zero-order chi connectivity index (χ0) is 5.98. The predicted molar refractivity (Wildman–Crippen MR) is 32.0 cm³/mol. The van der Waals surface area contributed by atoms with E-state index in [1.807, 2.05) is 0 Å². The third-order valence-electron chi connectivity index (χ3n) is 0.996. The fourth-order valence-corrected chi connectivity index (χ4v) is 0.593. The fraction of sp³-hybridized carbons (Fsp3) is 0.333. The molecule has 44 valence electrons. The van der Waals surface area contributed by atoms with Crippen LogP contribution in [0.25, 0.3) is 0 Å². The standard InChI is InChI=1S/C6H9NO/c1-5-3-4-8-6(2)7-5/h7H,1-4H2. The molecule has 2 heteroatoms. The Balaban J connectivity index is 2.45. The summed E-state index contributed by atoms with van der Waals surface area (Å²) in [6.45, 7) is 8.00. The maximum Gasteiger partial charge on any atom is 0.183 e. The second kappa shape index (κ2) is 1.90. The van der Waals surface area contributed by atoms with Crippen LogP contribution in [-0.4, -0.2) is 6.61 Å². The Morgan fingerprint density at radius 2 is 2.25 bits per heavy atom. The van der Waals surface area contributed by atoms with Crippen LogP contribution in [0.2, 0.25) is 0 Å². The summed E-state index contributed by atoms with van der Waals surface area (Å²) in [6, 6.07) is 0. The van der Waals surface area contributed by atoms with Crippen molar-refractivity contribution in [2.45, 2.75) is 6.42 Å². The molecule has 0 atom stereocenters. The van der Waals surface area contributed by atoms with E-state index in [2.05, 4.69) is 18.5 Å². The molecule has 1 heterocycles. The van der Waals surface area contributed by atoms with Crippen LogP contribution in [0, 0.1) is 0 Å². The molecular formula is C6H9NO. The molecule has 0 bridgehead atoms. The lowest BCUT2D eigenvalue weighted by Gasteiger charge is -2.18. The van der Waals surface area contributed by atoms with Crippen molar-refractivity contribution in [3.8, 4) is 0 Å². The quantitative estimate of drug-likeness (QED) is 0.503. The second-order valence-corrected chi connectivity index (χ2v) is 1.75. The van der Waals surface area contributed by atoms with Gasteiger partial charge in [-0.15, -0.1) is 0 Å². The first kappa shape index (κ1) is 5.22. The summed E-state index contributed by atoms with van der Waals surface area (Å²) >= 11 is 0. The zero-order valence-electron chi connectivity index (χ0n) is 4.74. The van der Waals surface area contributed by atoms with Crippen molar-refractivity contribution in [3.63, 3.8) is 0 Å². The smallest absolute Gasteiger partial charge is 0.183 e. The predicted octanol–water partition coefficient (Wildman–Crippen LogP) is 0.981. The molecule has 0 spiro atoms. The molecule has 2 nitrogen and oxygen atoms in total. The van der Waals surface area contributed by atoms with E-state index in [4.69, 9.17) is 4.74 Å². The molecule has 0 saturated carbocycles. The van der Waals surface area contributed by atoms with Crippen molar-refractivity contribution >= 4 is 0 Å². The van der Waals surface area contributed by atoms with Gasteiger partial charge in [0.05, 0.1) is 6.61 Å². The van der Waals surface area contributed by atoms with Crippen LogP contribution < -0.4 is 5.32 Å². The number of ether oxygens (including phenoxy) is 1. The minimum Gasteiger partial charge on any atom is -0.479 e. The Morgan fingerprint density at radius 3 is 2.62 bits per heavy atom. The van der Waals surface area contributed by atoms with Crippen molar-refractivity contribution in [2.24, 2.45) is 0 Å². The molecule has 0 amide bonds. The maximum atomic E-state index is 4.98. The van der Waals surface area contributed by atoms with E-state index in [9.17, 15) is 0 Å². The van der Waals surface area contributed by atoms with E-state index < -0.39 is 0 Å². The summed E-state index contributed by atoms with van der Waals surface area (Å²) in [4.78, 5) is 0. The summed E-state index contributed by atoms with van der Waals surface area (Å²) in [5.74, 6) is 0.612. The highest BCUT2D eigenvalue weighted by atomic mass is 16.5. The van der Waals surface area contributed by atoms with Crippen molar-refractivity contribution in [1.82, 2.24) is 5.32 Å². The van der Waals surface area contributed by atoms with Crippen LogP contribution in [0.15, 0.2) is 24.7 Å². The SMILES string of the molecule is C=C1CCOC(=C)N1. The highest BCUT2D eigenvalue weighted by Gasteiger charge is 2.03. The highest BCUT2D eigenvalue weighted by Crippen LogP contribution is 2.05. The lowest BCUT2D eigenvalue weighted by molar-refractivity contribution is 0.176. The third kappa shape index (κ3) is 1.03. The molecule has 0 unspecified atom stereocenters. The Bertz CT molecular complexity index is 114. The number of hydrogen-bond acceptors (Lipinski definition) is 2. The maximum absolute atomic E-state index is 4.98. The van der Waals surface area contributed by atoms with Gasteiger partial charge >= 0.3 is 0 Å². The van der Waals surface area contributed by atoms with Crippen molar-refractivity contribution in [2.75, 3.05) is 6.61 Å². The Labute approximate surface area is 48.8 Å². The zero-order valence-corrected chi connectivity index (χ0v) is 4.74. The molecule has 0 aromatic rings. The average molecular weight is 111 g/mol. The van der Waals surface area contributed by atoms with Crippen molar-refractivity contribution < 1.29 is 4.74 Å². The first-order valence-electron chi connectivity index (χ1n) is 2.55. The second-order valence-electron chi connectivity index (χ2n) is 1.75. The monoisotopic (exact) mass is 111 g/mol. The van der Waals surface area contributed by atoms with Gasteiger partial charge in [-0.05, 0) is 6.58 Å². The molecule has 1 rings (SSSR count). The van der Waals surface area contributed by atoms with E-state index in [0.29, 0.717) is 12.5 Å². The van der Waals surface area contributed by atoms with Gasteiger partial charge in [-0.3, -0.25) is 0 Å². The Morgan fingerprint density at radius 1 is 1.50 bits per heavy atom. The van der Waals surface area contributed by atoms with E-state index >= 15 is 0 Å². The van der Waals surface area contributed by atoms with Crippen LogP contribution in [-0.2, 0) is 4.74 Å². The third-order valence-corrected chi connectivity index (χ3v) is 0.996. The summed E-state index contributed by atoms with van der Waals surface area (Å²) < 4.78 is 4.98. The van der Waals surface area contributed by atoms with Crippen LogP contribution in [0.1, 0.15) is 6.42 Å². The van der Waals surface area contributed by atoms with Gasteiger partial charge in [0.1, 0.15) is 0 Å². The van der Waals surface area contributed by atoms with Gasteiger partial charge in [0.2, 0.25) is 0 Å². The van der Waals surface area contributed by atoms with Gasteiger partial charge in [-0.25, -0.2) is 0 Å². The molecule has 1 aliphatic heterocycles. The molecule has 0 radical (unpaired) electrons. The largest absolute Gasteiger partial charge is 0.479 e. The summed E-state index contributed by atoms with van der Waals surface area (Å²) in [7, 11) is 0. The van der Waals surface area contributed by atoms with Crippen LogP contribution in [0.5, 0.6) is 0 Å². The first-order chi connectivity index (χ1) is 3.79. The van der Waals surface area contributed by atoms with Crippen molar-refractivity contribution in [1.29, 1.82) is 0 Å². The van der Waals surface area contributed by atoms with E-state index in [1.165, 1.54) is 0 Å². The Kier molecular flexibility index (Phi) is 1.24. The van der Waals surface area contributed by atoms with Gasteiger partial charge in [0.15, 0.2) is 5.88 Å². The van der Waals surface area contributed by atoms with Gasteiger partial charge in [-0.2, -0.15) is 0 Å². The number of hydrogen-bond donors (Lipinski definition) is 1. The minimum atomic E-state index is 0.612. The summed E-state index contributed by atoms with van der Waals surface area (Å²) in [5, 5.41) is 2.87. The fourth-order valence-electron chi connectivity index (χ4n) is 0.593.